The van der Waals surface area contributed by atoms with Gasteiger partial charge in [-0.25, -0.2) is 0 Å². The molecule has 0 amide bonds. The fourth-order valence-corrected chi connectivity index (χ4v) is 3.00. The summed E-state index contributed by atoms with van der Waals surface area (Å²) >= 11 is 0. The molecular weight excluding hydrogens is 260 g/mol. The molecule has 3 unspecified atom stereocenters. The summed E-state index contributed by atoms with van der Waals surface area (Å²) in [5.74, 6) is 1.40. The van der Waals surface area contributed by atoms with Crippen molar-refractivity contribution in [1.82, 2.24) is 0 Å². The van der Waals surface area contributed by atoms with Crippen molar-refractivity contribution in [2.75, 3.05) is 0 Å². The lowest BCUT2D eigenvalue weighted by atomic mass is 9.91. The van der Waals surface area contributed by atoms with Gasteiger partial charge in [0.2, 0.25) is 0 Å². The Balaban J connectivity index is 3.48. The van der Waals surface area contributed by atoms with E-state index in [1.54, 1.807) is 0 Å². The van der Waals surface area contributed by atoms with E-state index in [4.69, 9.17) is 5.11 Å². The van der Waals surface area contributed by atoms with Crippen LogP contribution in [0, 0.1) is 23.7 Å². The van der Waals surface area contributed by atoms with E-state index in [1.165, 1.54) is 51.4 Å². The van der Waals surface area contributed by atoms with Crippen LogP contribution in [-0.4, -0.2) is 11.1 Å². The van der Waals surface area contributed by atoms with Gasteiger partial charge in [-0.3, -0.25) is 4.79 Å². The molecule has 0 aromatic carbocycles. The van der Waals surface area contributed by atoms with Gasteiger partial charge in [-0.1, -0.05) is 86.0 Å². The highest BCUT2D eigenvalue weighted by Crippen LogP contribution is 2.21. The minimum atomic E-state index is -0.655. The second-order valence-electron chi connectivity index (χ2n) is 7.65. The highest BCUT2D eigenvalue weighted by molar-refractivity contribution is 5.69. The summed E-state index contributed by atoms with van der Waals surface area (Å²) in [7, 11) is 0. The SMILES string of the molecule is CC(C)CCCC(C)CCCCCC(C)CC(C)C(=O)O. The van der Waals surface area contributed by atoms with Gasteiger partial charge in [0.25, 0.3) is 0 Å². The molecule has 0 fully saturated rings. The maximum Gasteiger partial charge on any atom is 0.306 e. The summed E-state index contributed by atoms with van der Waals surface area (Å²) in [6.07, 6.45) is 11.4. The molecule has 2 nitrogen and oxygen atoms in total. The Labute approximate surface area is 132 Å². The zero-order valence-corrected chi connectivity index (χ0v) is 15.0. The molecule has 0 spiro atoms. The number of rotatable bonds is 13. The van der Waals surface area contributed by atoms with Crippen LogP contribution in [0.2, 0.25) is 0 Å². The van der Waals surface area contributed by atoms with Crippen LogP contribution >= 0.6 is 0 Å². The molecule has 0 heterocycles. The van der Waals surface area contributed by atoms with E-state index in [0.717, 1.165) is 18.3 Å². The van der Waals surface area contributed by atoms with E-state index in [9.17, 15) is 4.79 Å². The van der Waals surface area contributed by atoms with Crippen LogP contribution < -0.4 is 0 Å². The smallest absolute Gasteiger partial charge is 0.306 e. The Morgan fingerprint density at radius 2 is 1.29 bits per heavy atom. The molecule has 3 atom stereocenters. The van der Waals surface area contributed by atoms with E-state index in [0.29, 0.717) is 5.92 Å². The lowest BCUT2D eigenvalue weighted by Gasteiger charge is -2.15. The predicted molar refractivity (Wildman–Crippen MR) is 91.5 cm³/mol. The van der Waals surface area contributed by atoms with E-state index >= 15 is 0 Å². The Morgan fingerprint density at radius 1 is 0.762 bits per heavy atom. The second kappa shape index (κ2) is 12.1. The third-order valence-corrected chi connectivity index (χ3v) is 4.55. The highest BCUT2D eigenvalue weighted by Gasteiger charge is 2.14. The van der Waals surface area contributed by atoms with Crippen molar-refractivity contribution in [3.63, 3.8) is 0 Å². The molecule has 0 aliphatic heterocycles. The van der Waals surface area contributed by atoms with E-state index in [2.05, 4.69) is 27.7 Å². The molecule has 0 aromatic rings. The molecule has 0 radical (unpaired) electrons. The zero-order valence-electron chi connectivity index (χ0n) is 15.0. The van der Waals surface area contributed by atoms with Gasteiger partial charge in [0.05, 0.1) is 5.92 Å². The molecule has 21 heavy (non-hydrogen) atoms. The third-order valence-electron chi connectivity index (χ3n) is 4.55. The topological polar surface area (TPSA) is 37.3 Å². The monoisotopic (exact) mass is 298 g/mol. The normalized spacial score (nSPS) is 15.9. The van der Waals surface area contributed by atoms with Crippen molar-refractivity contribution in [3.05, 3.63) is 0 Å². The van der Waals surface area contributed by atoms with Gasteiger partial charge in [-0.05, 0) is 24.2 Å². The third kappa shape index (κ3) is 12.9. The summed E-state index contributed by atoms with van der Waals surface area (Å²) in [6.45, 7) is 11.0. The van der Waals surface area contributed by atoms with E-state index < -0.39 is 5.97 Å². The summed E-state index contributed by atoms with van der Waals surface area (Å²) < 4.78 is 0. The van der Waals surface area contributed by atoms with Gasteiger partial charge >= 0.3 is 5.97 Å². The van der Waals surface area contributed by atoms with Crippen molar-refractivity contribution < 1.29 is 9.90 Å². The highest BCUT2D eigenvalue weighted by atomic mass is 16.4. The van der Waals surface area contributed by atoms with Crippen molar-refractivity contribution >= 4 is 5.97 Å². The zero-order chi connectivity index (χ0) is 16.3. The van der Waals surface area contributed by atoms with Crippen LogP contribution in [0.4, 0.5) is 0 Å². The van der Waals surface area contributed by atoms with Crippen LogP contribution in [0.1, 0.15) is 92.4 Å². The Kier molecular flexibility index (Phi) is 11.8. The average molecular weight is 299 g/mol. The van der Waals surface area contributed by atoms with Crippen molar-refractivity contribution in [2.45, 2.75) is 92.4 Å². The fourth-order valence-electron chi connectivity index (χ4n) is 3.00. The molecule has 0 bridgehead atoms. The number of hydrogen-bond acceptors (Lipinski definition) is 1. The minimum Gasteiger partial charge on any atom is -0.481 e. The Bertz CT molecular complexity index is 260. The summed E-state index contributed by atoms with van der Waals surface area (Å²) in [5.41, 5.74) is 0. The maximum absolute atomic E-state index is 10.8. The number of hydrogen-bond donors (Lipinski definition) is 1. The van der Waals surface area contributed by atoms with Crippen LogP contribution in [0.25, 0.3) is 0 Å². The van der Waals surface area contributed by atoms with Gasteiger partial charge in [-0.2, -0.15) is 0 Å². The predicted octanol–water partition coefficient (Wildman–Crippen LogP) is 6.15. The van der Waals surface area contributed by atoms with Gasteiger partial charge in [0, 0.05) is 0 Å². The molecule has 2 heteroatoms. The van der Waals surface area contributed by atoms with Crippen LogP contribution in [0.3, 0.4) is 0 Å². The molecule has 0 aliphatic rings. The number of carboxylic acid groups (broad SMARTS) is 1. The van der Waals surface area contributed by atoms with Gasteiger partial charge in [0.1, 0.15) is 0 Å². The molecular formula is C19H38O2. The lowest BCUT2D eigenvalue weighted by Crippen LogP contribution is -2.13. The molecule has 126 valence electrons. The summed E-state index contributed by atoms with van der Waals surface area (Å²) in [4.78, 5) is 10.8. The summed E-state index contributed by atoms with van der Waals surface area (Å²) in [5, 5.41) is 8.91. The van der Waals surface area contributed by atoms with Gasteiger partial charge < -0.3 is 5.11 Å². The average Bonchev–Trinajstić information content (AvgIpc) is 2.37. The van der Waals surface area contributed by atoms with Crippen molar-refractivity contribution in [2.24, 2.45) is 23.7 Å². The Morgan fingerprint density at radius 3 is 1.81 bits per heavy atom. The fraction of sp³-hybridized carbons (Fsp3) is 0.947. The largest absolute Gasteiger partial charge is 0.481 e. The molecule has 0 rings (SSSR count). The second-order valence-corrected chi connectivity index (χ2v) is 7.65. The van der Waals surface area contributed by atoms with Crippen molar-refractivity contribution in [3.8, 4) is 0 Å². The first-order valence-electron chi connectivity index (χ1n) is 9.05. The van der Waals surface area contributed by atoms with Crippen LogP contribution in [-0.2, 0) is 4.79 Å². The minimum absolute atomic E-state index is 0.194. The molecule has 0 aromatic heterocycles. The number of carbonyl (C=O) groups is 1. The van der Waals surface area contributed by atoms with Crippen LogP contribution in [0.15, 0.2) is 0 Å². The number of carboxylic acids is 1. The summed E-state index contributed by atoms with van der Waals surface area (Å²) in [6, 6.07) is 0. The lowest BCUT2D eigenvalue weighted by molar-refractivity contribution is -0.141. The maximum atomic E-state index is 10.8. The first kappa shape index (κ1) is 20.5. The van der Waals surface area contributed by atoms with E-state index in [1.807, 2.05) is 6.92 Å². The molecule has 0 aliphatic carbocycles. The van der Waals surface area contributed by atoms with Crippen molar-refractivity contribution in [1.29, 1.82) is 0 Å². The molecule has 0 saturated carbocycles. The Hall–Kier alpha value is -0.530. The van der Waals surface area contributed by atoms with Gasteiger partial charge in [-0.15, -0.1) is 0 Å². The molecule has 1 N–H and O–H groups in total. The first-order valence-corrected chi connectivity index (χ1v) is 9.05. The quantitative estimate of drug-likeness (QED) is 0.414. The van der Waals surface area contributed by atoms with Gasteiger partial charge in [0.15, 0.2) is 0 Å². The number of aliphatic carboxylic acids is 1. The number of unbranched alkanes of at least 4 members (excludes halogenated alkanes) is 2. The van der Waals surface area contributed by atoms with E-state index in [-0.39, 0.29) is 5.92 Å². The molecule has 0 saturated heterocycles. The van der Waals surface area contributed by atoms with Crippen LogP contribution in [0.5, 0.6) is 0 Å². The first-order chi connectivity index (χ1) is 9.82. The standard InChI is InChI=1S/C19H38O2/c1-15(2)10-9-13-16(3)11-7-6-8-12-17(4)14-18(5)19(20)21/h15-18H,6-14H2,1-5H3,(H,20,21).